The first-order valence-corrected chi connectivity index (χ1v) is 27.2. The van der Waals surface area contributed by atoms with E-state index in [2.05, 4.69) is 111 Å². The molecule has 372 valence electrons. The Morgan fingerprint density at radius 1 is 0.477 bits per heavy atom. The second-order valence-electron chi connectivity index (χ2n) is 16.7. The van der Waals surface area contributed by atoms with E-state index in [-0.39, 0.29) is 32.6 Å². The summed E-state index contributed by atoms with van der Waals surface area (Å²) in [6, 6.07) is 0. The molecule has 0 aromatic carbocycles. The third-order valence-electron chi connectivity index (χ3n) is 10.5. The van der Waals surface area contributed by atoms with Crippen molar-refractivity contribution in [2.45, 2.75) is 213 Å². The van der Waals surface area contributed by atoms with Crippen molar-refractivity contribution < 1.29 is 37.6 Å². The summed E-state index contributed by atoms with van der Waals surface area (Å²) in [5, 5.41) is 0. The number of unbranched alkanes of at least 4 members (excludes halogenated alkanes) is 18. The van der Waals surface area contributed by atoms with Gasteiger partial charge in [-0.3, -0.25) is 18.6 Å². The molecule has 0 bridgehead atoms. The summed E-state index contributed by atoms with van der Waals surface area (Å²) < 4.78 is 32.9. The molecule has 0 spiro atoms. The van der Waals surface area contributed by atoms with Gasteiger partial charge in [0.25, 0.3) is 0 Å². The molecule has 0 rings (SSSR count). The number of carbonyl (C=O) groups is 2. The van der Waals surface area contributed by atoms with Crippen molar-refractivity contribution in [1.29, 1.82) is 0 Å². The molecule has 0 amide bonds. The maximum atomic E-state index is 12.7. The number of hydrogen-bond donors (Lipinski definition) is 2. The van der Waals surface area contributed by atoms with Crippen LogP contribution in [0.25, 0.3) is 0 Å². The Labute approximate surface area is 397 Å². The Kier molecular flexibility index (Phi) is 48.0. The van der Waals surface area contributed by atoms with E-state index in [4.69, 9.17) is 24.3 Å². The van der Waals surface area contributed by atoms with E-state index in [0.29, 0.717) is 6.42 Å². The van der Waals surface area contributed by atoms with Gasteiger partial charge in [-0.15, -0.1) is 0 Å². The van der Waals surface area contributed by atoms with Crippen LogP contribution in [-0.4, -0.2) is 49.3 Å². The number of carbonyl (C=O) groups excluding carboxylic acids is 2. The van der Waals surface area contributed by atoms with Crippen LogP contribution in [0.3, 0.4) is 0 Å². The topological polar surface area (TPSA) is 134 Å². The maximum absolute atomic E-state index is 12.7. The Morgan fingerprint density at radius 3 is 1.26 bits per heavy atom. The van der Waals surface area contributed by atoms with E-state index in [1.54, 1.807) is 0 Å². The number of nitrogens with two attached hydrogens (primary N) is 1. The van der Waals surface area contributed by atoms with Gasteiger partial charge >= 0.3 is 19.8 Å². The second kappa shape index (κ2) is 50.3. The first-order chi connectivity index (χ1) is 31.8. The summed E-state index contributed by atoms with van der Waals surface area (Å²) in [6.45, 7) is 3.57. The molecule has 0 aliphatic carbocycles. The third-order valence-corrected chi connectivity index (χ3v) is 11.4. The maximum Gasteiger partial charge on any atom is 0.472 e. The van der Waals surface area contributed by atoms with Crippen LogP contribution in [0.4, 0.5) is 0 Å². The Bertz CT molecular complexity index is 1380. The van der Waals surface area contributed by atoms with E-state index in [1.165, 1.54) is 64.2 Å². The molecular weight excluding hydrogens is 834 g/mol. The Morgan fingerprint density at radius 2 is 0.846 bits per heavy atom. The van der Waals surface area contributed by atoms with Crippen LogP contribution in [0.15, 0.2) is 97.2 Å². The average Bonchev–Trinajstić information content (AvgIpc) is 3.30. The minimum absolute atomic E-state index is 0.0434. The van der Waals surface area contributed by atoms with Gasteiger partial charge in [0.05, 0.1) is 13.2 Å². The lowest BCUT2D eigenvalue weighted by atomic mass is 10.1. The molecule has 0 aromatic heterocycles. The highest BCUT2D eigenvalue weighted by molar-refractivity contribution is 7.47. The standard InChI is InChI=1S/C55H94NO8P/c1-3-5-7-9-11-13-15-17-19-21-23-25-26-28-29-31-33-35-37-39-41-43-45-47-54(57)61-51-53(52-63-65(59,60)62-50-49-56)64-55(58)48-46-44-42-40-38-36-34-32-30-27-24-22-20-18-16-14-12-10-8-6-4-2/h6,8,12,14-15,17-18,20-21,23-24,26-28,32,34,53H,3-5,7,9-11,13,16,19,22,25,29-31,33,35-52,56H2,1-2H3,(H,59,60)/b8-6-,14-12-,17-15-,20-18-,23-21-,27-24-,28-26-,34-32-. The highest BCUT2D eigenvalue weighted by Gasteiger charge is 2.26. The summed E-state index contributed by atoms with van der Waals surface area (Å²) in [5.41, 5.74) is 5.37. The summed E-state index contributed by atoms with van der Waals surface area (Å²) in [6.07, 6.45) is 65.8. The summed E-state index contributed by atoms with van der Waals surface area (Å²) in [5.74, 6) is -0.864. The van der Waals surface area contributed by atoms with Crippen LogP contribution >= 0.6 is 7.82 Å². The van der Waals surface area contributed by atoms with E-state index in [0.717, 1.165) is 109 Å². The average molecular weight is 928 g/mol. The van der Waals surface area contributed by atoms with Crippen LogP contribution in [0.2, 0.25) is 0 Å². The number of rotatable bonds is 47. The lowest BCUT2D eigenvalue weighted by molar-refractivity contribution is -0.161. The van der Waals surface area contributed by atoms with Gasteiger partial charge in [0.15, 0.2) is 6.10 Å². The first kappa shape index (κ1) is 61.9. The largest absolute Gasteiger partial charge is 0.472 e. The van der Waals surface area contributed by atoms with Gasteiger partial charge in [-0.05, 0) is 96.3 Å². The lowest BCUT2D eigenvalue weighted by Crippen LogP contribution is -2.29. The predicted molar refractivity (Wildman–Crippen MR) is 275 cm³/mol. The van der Waals surface area contributed by atoms with Gasteiger partial charge in [-0.25, -0.2) is 4.57 Å². The van der Waals surface area contributed by atoms with Crippen LogP contribution < -0.4 is 5.73 Å². The van der Waals surface area contributed by atoms with Gasteiger partial charge in [0, 0.05) is 19.4 Å². The van der Waals surface area contributed by atoms with Gasteiger partial charge in [-0.2, -0.15) is 0 Å². The monoisotopic (exact) mass is 928 g/mol. The van der Waals surface area contributed by atoms with Crippen LogP contribution in [0, 0.1) is 0 Å². The van der Waals surface area contributed by atoms with Crippen molar-refractivity contribution in [3.05, 3.63) is 97.2 Å². The van der Waals surface area contributed by atoms with E-state index in [1.807, 2.05) is 0 Å². The molecule has 0 aliphatic rings. The van der Waals surface area contributed by atoms with Crippen molar-refractivity contribution >= 4 is 19.8 Å². The Balaban J connectivity index is 4.13. The summed E-state index contributed by atoms with van der Waals surface area (Å²) in [4.78, 5) is 35.1. The zero-order chi connectivity index (χ0) is 47.4. The Hall–Kier alpha value is -3.07. The van der Waals surface area contributed by atoms with Crippen molar-refractivity contribution in [3.8, 4) is 0 Å². The van der Waals surface area contributed by atoms with E-state index < -0.39 is 32.5 Å². The molecule has 0 saturated heterocycles. The van der Waals surface area contributed by atoms with Crippen molar-refractivity contribution in [1.82, 2.24) is 0 Å². The molecule has 0 saturated carbocycles. The number of ether oxygens (including phenoxy) is 2. The van der Waals surface area contributed by atoms with Gasteiger partial charge < -0.3 is 20.1 Å². The number of allylic oxidation sites excluding steroid dienone is 16. The molecule has 65 heavy (non-hydrogen) atoms. The number of phosphoric acid groups is 1. The minimum Gasteiger partial charge on any atom is -0.462 e. The molecule has 0 aromatic rings. The molecule has 0 heterocycles. The third kappa shape index (κ3) is 50.2. The fraction of sp³-hybridized carbons (Fsp3) is 0.673. The molecule has 0 aliphatic heterocycles. The molecule has 0 fully saturated rings. The number of hydrogen-bond acceptors (Lipinski definition) is 8. The molecule has 0 radical (unpaired) electrons. The summed E-state index contributed by atoms with van der Waals surface area (Å²) in [7, 11) is -4.40. The van der Waals surface area contributed by atoms with Crippen molar-refractivity contribution in [2.75, 3.05) is 26.4 Å². The quantitative estimate of drug-likeness (QED) is 0.0265. The first-order valence-electron chi connectivity index (χ1n) is 25.7. The molecule has 2 atom stereocenters. The highest BCUT2D eigenvalue weighted by Crippen LogP contribution is 2.43. The van der Waals surface area contributed by atoms with E-state index >= 15 is 0 Å². The van der Waals surface area contributed by atoms with Crippen LogP contribution in [0.5, 0.6) is 0 Å². The van der Waals surface area contributed by atoms with Crippen LogP contribution in [-0.2, 0) is 32.7 Å². The number of esters is 2. The van der Waals surface area contributed by atoms with Gasteiger partial charge in [-0.1, -0.05) is 195 Å². The highest BCUT2D eigenvalue weighted by atomic mass is 31.2. The van der Waals surface area contributed by atoms with E-state index in [9.17, 15) is 19.0 Å². The minimum atomic E-state index is -4.40. The zero-order valence-corrected chi connectivity index (χ0v) is 42.1. The normalized spacial score (nSPS) is 14.0. The molecular formula is C55H94NO8P. The molecule has 3 N–H and O–H groups in total. The van der Waals surface area contributed by atoms with Gasteiger partial charge in [0.1, 0.15) is 6.61 Å². The molecule has 2 unspecified atom stereocenters. The second-order valence-corrected chi connectivity index (χ2v) is 18.1. The lowest BCUT2D eigenvalue weighted by Gasteiger charge is -2.19. The fourth-order valence-corrected chi connectivity index (χ4v) is 7.43. The SMILES string of the molecule is CC/C=C\C/C=C\C/C=C\C/C=C\C/C=C\CCCCCCCC(=O)OC(COC(=O)CCCCCCCCCC/C=C\C/C=C\C/C=C\CCCCCCC)COP(=O)(O)OCCN. The number of phosphoric ester groups is 1. The molecule has 9 nitrogen and oxygen atoms in total. The molecule has 10 heteroatoms. The van der Waals surface area contributed by atoms with Crippen molar-refractivity contribution in [2.24, 2.45) is 5.73 Å². The van der Waals surface area contributed by atoms with Gasteiger partial charge in [0.2, 0.25) is 0 Å². The smallest absolute Gasteiger partial charge is 0.462 e. The predicted octanol–water partition coefficient (Wildman–Crippen LogP) is 15.7. The fourth-order valence-electron chi connectivity index (χ4n) is 6.67. The zero-order valence-electron chi connectivity index (χ0n) is 41.2. The van der Waals surface area contributed by atoms with Crippen LogP contribution in [0.1, 0.15) is 206 Å². The van der Waals surface area contributed by atoms with Crippen molar-refractivity contribution in [3.63, 3.8) is 0 Å². The summed E-state index contributed by atoms with van der Waals surface area (Å²) >= 11 is 0.